The van der Waals surface area contributed by atoms with Crippen molar-refractivity contribution in [2.24, 2.45) is 5.41 Å². The van der Waals surface area contributed by atoms with Crippen LogP contribution in [0, 0.1) is 5.41 Å². The molecule has 0 aromatic heterocycles. The summed E-state index contributed by atoms with van der Waals surface area (Å²) in [5.74, 6) is 0. The van der Waals surface area contributed by atoms with Gasteiger partial charge < -0.3 is 9.64 Å². The lowest BCUT2D eigenvalue weighted by Crippen LogP contribution is -2.61. The third kappa shape index (κ3) is 2.01. The molecule has 18 heavy (non-hydrogen) atoms. The number of hydrogen-bond acceptors (Lipinski definition) is 2. The predicted molar refractivity (Wildman–Crippen MR) is 69.0 cm³/mol. The van der Waals surface area contributed by atoms with Crippen LogP contribution in [0.15, 0.2) is 42.5 Å². The molecule has 1 spiro atoms. The Hall–Kier alpha value is -1.77. The number of rotatable bonds is 2. The van der Waals surface area contributed by atoms with Crippen molar-refractivity contribution in [3.05, 3.63) is 48.0 Å². The number of carbonyl (C=O) groups excluding carboxylic acids is 1. The van der Waals surface area contributed by atoms with Crippen LogP contribution in [0.25, 0.3) is 0 Å². The van der Waals surface area contributed by atoms with Crippen molar-refractivity contribution in [1.82, 2.24) is 4.90 Å². The first-order chi connectivity index (χ1) is 8.67. The number of amides is 1. The standard InChI is InChI=1S/C15H17NO2/c1-12-7-15(8-12)10-16(11-15)14(17)18-9-13-5-3-2-4-6-13/h2-6H,1,7-11H2. The number of benzene rings is 1. The smallest absolute Gasteiger partial charge is 0.410 e. The second-order valence-corrected chi connectivity index (χ2v) is 5.50. The quantitative estimate of drug-likeness (QED) is 0.747. The topological polar surface area (TPSA) is 29.5 Å². The summed E-state index contributed by atoms with van der Waals surface area (Å²) in [4.78, 5) is 13.6. The van der Waals surface area contributed by atoms with E-state index >= 15 is 0 Å². The number of carbonyl (C=O) groups is 1. The molecule has 1 aromatic rings. The van der Waals surface area contributed by atoms with Gasteiger partial charge in [-0.3, -0.25) is 0 Å². The highest BCUT2D eigenvalue weighted by atomic mass is 16.6. The minimum Gasteiger partial charge on any atom is -0.445 e. The average Bonchev–Trinajstić information content (AvgIpc) is 2.30. The second-order valence-electron chi connectivity index (χ2n) is 5.50. The van der Waals surface area contributed by atoms with Gasteiger partial charge in [-0.2, -0.15) is 0 Å². The Labute approximate surface area is 107 Å². The normalized spacial score (nSPS) is 20.2. The molecule has 0 radical (unpaired) electrons. The Morgan fingerprint density at radius 2 is 1.94 bits per heavy atom. The van der Waals surface area contributed by atoms with Gasteiger partial charge in [0.1, 0.15) is 6.61 Å². The van der Waals surface area contributed by atoms with Gasteiger partial charge in [0.15, 0.2) is 0 Å². The third-order valence-corrected chi connectivity index (χ3v) is 3.77. The fraction of sp³-hybridized carbons (Fsp3) is 0.400. The van der Waals surface area contributed by atoms with Crippen LogP contribution in [-0.4, -0.2) is 24.1 Å². The van der Waals surface area contributed by atoms with Crippen LogP contribution >= 0.6 is 0 Å². The van der Waals surface area contributed by atoms with Crippen molar-refractivity contribution in [2.75, 3.05) is 13.1 Å². The second kappa shape index (κ2) is 4.16. The zero-order valence-corrected chi connectivity index (χ0v) is 10.4. The summed E-state index contributed by atoms with van der Waals surface area (Å²) in [6.07, 6.45) is 1.97. The summed E-state index contributed by atoms with van der Waals surface area (Å²) in [6, 6.07) is 9.76. The molecule has 1 aliphatic heterocycles. The Balaban J connectivity index is 1.45. The lowest BCUT2D eigenvalue weighted by atomic mass is 9.61. The van der Waals surface area contributed by atoms with E-state index in [2.05, 4.69) is 6.58 Å². The zero-order chi connectivity index (χ0) is 12.6. The van der Waals surface area contributed by atoms with Crippen molar-refractivity contribution in [3.8, 4) is 0 Å². The fourth-order valence-electron chi connectivity index (χ4n) is 2.94. The summed E-state index contributed by atoms with van der Waals surface area (Å²) in [5.41, 5.74) is 2.69. The first-order valence-corrected chi connectivity index (χ1v) is 6.29. The summed E-state index contributed by atoms with van der Waals surface area (Å²) in [7, 11) is 0. The molecular weight excluding hydrogens is 226 g/mol. The highest BCUT2D eigenvalue weighted by Gasteiger charge is 2.51. The average molecular weight is 243 g/mol. The highest BCUT2D eigenvalue weighted by Crippen LogP contribution is 2.50. The molecule has 1 heterocycles. The maximum atomic E-state index is 11.8. The summed E-state index contributed by atoms with van der Waals surface area (Å²) >= 11 is 0. The molecule has 0 unspecified atom stereocenters. The number of likely N-dealkylation sites (tertiary alicyclic amines) is 1. The van der Waals surface area contributed by atoms with Crippen molar-refractivity contribution in [2.45, 2.75) is 19.4 Å². The molecule has 94 valence electrons. The van der Waals surface area contributed by atoms with Crippen molar-refractivity contribution < 1.29 is 9.53 Å². The molecule has 1 amide bonds. The first kappa shape index (κ1) is 11.3. The largest absolute Gasteiger partial charge is 0.445 e. The third-order valence-electron chi connectivity index (χ3n) is 3.77. The Kier molecular flexibility index (Phi) is 2.62. The van der Waals surface area contributed by atoms with Crippen LogP contribution in [0.5, 0.6) is 0 Å². The van der Waals surface area contributed by atoms with E-state index in [1.54, 1.807) is 4.90 Å². The lowest BCUT2D eigenvalue weighted by molar-refractivity contribution is -0.0288. The van der Waals surface area contributed by atoms with E-state index in [9.17, 15) is 4.79 Å². The van der Waals surface area contributed by atoms with Crippen molar-refractivity contribution in [3.63, 3.8) is 0 Å². The summed E-state index contributed by atoms with van der Waals surface area (Å²) in [5, 5.41) is 0. The van der Waals surface area contributed by atoms with E-state index in [0.717, 1.165) is 31.5 Å². The van der Waals surface area contributed by atoms with E-state index in [1.165, 1.54) is 5.57 Å². The van der Waals surface area contributed by atoms with Crippen molar-refractivity contribution in [1.29, 1.82) is 0 Å². The van der Waals surface area contributed by atoms with Gasteiger partial charge in [-0.25, -0.2) is 4.79 Å². The molecule has 3 heteroatoms. The van der Waals surface area contributed by atoms with Gasteiger partial charge in [0.2, 0.25) is 0 Å². The minimum atomic E-state index is -0.193. The van der Waals surface area contributed by atoms with Crippen LogP contribution in [0.4, 0.5) is 4.79 Å². The van der Waals surface area contributed by atoms with Crippen LogP contribution in [0.1, 0.15) is 18.4 Å². The zero-order valence-electron chi connectivity index (χ0n) is 10.4. The Bertz CT molecular complexity index is 465. The summed E-state index contributed by atoms with van der Waals surface area (Å²) in [6.45, 7) is 5.97. The number of allylic oxidation sites excluding steroid dienone is 1. The molecule has 3 rings (SSSR count). The SMILES string of the molecule is C=C1CC2(C1)CN(C(=O)OCc1ccccc1)C2. The maximum Gasteiger partial charge on any atom is 0.410 e. The van der Waals surface area contributed by atoms with Gasteiger partial charge in [0, 0.05) is 18.5 Å². The van der Waals surface area contributed by atoms with Gasteiger partial charge in [0.05, 0.1) is 0 Å². The highest BCUT2D eigenvalue weighted by molar-refractivity contribution is 5.69. The van der Waals surface area contributed by atoms with Gasteiger partial charge >= 0.3 is 6.09 Å². The molecule has 2 aliphatic rings. The van der Waals surface area contributed by atoms with Gasteiger partial charge in [0.25, 0.3) is 0 Å². The van der Waals surface area contributed by atoms with Crippen molar-refractivity contribution >= 4 is 6.09 Å². The molecule has 1 saturated carbocycles. The molecule has 1 aliphatic carbocycles. The molecular formula is C15H17NO2. The lowest BCUT2D eigenvalue weighted by Gasteiger charge is -2.56. The minimum absolute atomic E-state index is 0.193. The number of hydrogen-bond donors (Lipinski definition) is 0. The van der Waals surface area contributed by atoms with E-state index in [0.29, 0.717) is 12.0 Å². The van der Waals surface area contributed by atoms with E-state index in [1.807, 2.05) is 30.3 Å². The Morgan fingerprint density at radius 3 is 2.56 bits per heavy atom. The molecule has 2 fully saturated rings. The fourth-order valence-corrected chi connectivity index (χ4v) is 2.94. The van der Waals surface area contributed by atoms with Gasteiger partial charge in [-0.05, 0) is 18.4 Å². The van der Waals surface area contributed by atoms with Crippen LogP contribution in [0.2, 0.25) is 0 Å². The maximum absolute atomic E-state index is 11.8. The Morgan fingerprint density at radius 1 is 1.28 bits per heavy atom. The molecule has 0 N–H and O–H groups in total. The molecule has 0 atom stereocenters. The predicted octanol–water partition coefficient (Wildman–Crippen LogP) is 2.98. The number of nitrogens with zero attached hydrogens (tertiary/aromatic N) is 1. The van der Waals surface area contributed by atoms with Gasteiger partial charge in [-0.15, -0.1) is 0 Å². The number of ether oxygens (including phenoxy) is 1. The molecule has 3 nitrogen and oxygen atoms in total. The molecule has 1 saturated heterocycles. The summed E-state index contributed by atoms with van der Waals surface area (Å²) < 4.78 is 5.29. The van der Waals surface area contributed by atoms with Crippen LogP contribution in [0.3, 0.4) is 0 Å². The van der Waals surface area contributed by atoms with Gasteiger partial charge in [-0.1, -0.05) is 42.5 Å². The monoisotopic (exact) mass is 243 g/mol. The van der Waals surface area contributed by atoms with E-state index < -0.39 is 0 Å². The van der Waals surface area contributed by atoms with Crippen LogP contribution < -0.4 is 0 Å². The molecule has 1 aromatic carbocycles. The van der Waals surface area contributed by atoms with E-state index in [-0.39, 0.29) is 6.09 Å². The van der Waals surface area contributed by atoms with Crippen LogP contribution in [-0.2, 0) is 11.3 Å². The van der Waals surface area contributed by atoms with E-state index in [4.69, 9.17) is 4.74 Å². The first-order valence-electron chi connectivity index (χ1n) is 6.29. The molecule has 0 bridgehead atoms.